The van der Waals surface area contributed by atoms with E-state index >= 15 is 0 Å². The van der Waals surface area contributed by atoms with Gasteiger partial charge in [-0.25, -0.2) is 5.43 Å². The number of nitrogens with zero attached hydrogens (tertiary/aromatic N) is 1. The summed E-state index contributed by atoms with van der Waals surface area (Å²) in [6.45, 7) is 0. The number of hydrazone groups is 1. The fraction of sp³-hybridized carbons (Fsp3) is 0.286. The van der Waals surface area contributed by atoms with Gasteiger partial charge in [0.05, 0.1) is 5.56 Å². The number of hydrogen-bond donors (Lipinski definition) is 1. The number of carbonyl (C=O) groups excluding carboxylic acids is 1. The lowest BCUT2D eigenvalue weighted by atomic mass is 9.74. The Kier molecular flexibility index (Phi) is 3.04. The molecule has 2 atom stereocenters. The zero-order valence-electron chi connectivity index (χ0n) is 9.77. The van der Waals surface area contributed by atoms with Gasteiger partial charge >= 0.3 is 0 Å². The van der Waals surface area contributed by atoms with E-state index in [1.54, 1.807) is 6.07 Å². The van der Waals surface area contributed by atoms with Gasteiger partial charge in [-0.2, -0.15) is 5.10 Å². The maximum Gasteiger partial charge on any atom is 0.272 e. The Hall–Kier alpha value is -1.42. The molecule has 92 valence electrons. The highest BCUT2D eigenvalue weighted by Crippen LogP contribution is 2.40. The van der Waals surface area contributed by atoms with Gasteiger partial charge in [0.25, 0.3) is 5.91 Å². The van der Waals surface area contributed by atoms with E-state index in [0.29, 0.717) is 17.4 Å². The Balaban J connectivity index is 1.66. The van der Waals surface area contributed by atoms with Gasteiger partial charge in [0.15, 0.2) is 0 Å². The summed E-state index contributed by atoms with van der Waals surface area (Å²) in [6.07, 6.45) is 6.50. The number of allylic oxidation sites excluding steroid dienone is 2. The van der Waals surface area contributed by atoms with Crippen molar-refractivity contribution in [3.05, 3.63) is 46.5 Å². The minimum atomic E-state index is -0.163. The minimum Gasteiger partial charge on any atom is -0.267 e. The molecule has 0 aromatic heterocycles. The van der Waals surface area contributed by atoms with Gasteiger partial charge in [0, 0.05) is 16.1 Å². The van der Waals surface area contributed by atoms with Crippen LogP contribution in [0.1, 0.15) is 23.2 Å². The Morgan fingerprint density at radius 3 is 3.00 bits per heavy atom. The van der Waals surface area contributed by atoms with E-state index in [0.717, 1.165) is 23.0 Å². The summed E-state index contributed by atoms with van der Waals surface area (Å²) >= 11 is 3.36. The lowest BCUT2D eigenvalue weighted by Gasteiger charge is -2.31. The van der Waals surface area contributed by atoms with Crippen LogP contribution in [-0.2, 0) is 0 Å². The van der Waals surface area contributed by atoms with Gasteiger partial charge in [-0.05, 0) is 46.8 Å². The Morgan fingerprint density at radius 1 is 1.39 bits per heavy atom. The Bertz CT molecular complexity index is 550. The van der Waals surface area contributed by atoms with Crippen molar-refractivity contribution in [2.24, 2.45) is 16.9 Å². The molecular weight excluding hydrogens is 292 g/mol. The molecule has 1 fully saturated rings. The molecule has 2 aliphatic carbocycles. The number of benzene rings is 1. The van der Waals surface area contributed by atoms with Crippen molar-refractivity contribution in [3.63, 3.8) is 0 Å². The van der Waals surface area contributed by atoms with Crippen LogP contribution in [-0.4, -0.2) is 11.6 Å². The second-order valence-corrected chi connectivity index (χ2v) is 5.52. The van der Waals surface area contributed by atoms with Crippen molar-refractivity contribution in [1.82, 2.24) is 5.43 Å². The number of hydrogen-bond acceptors (Lipinski definition) is 2. The normalized spacial score (nSPS) is 26.8. The lowest BCUT2D eigenvalue weighted by molar-refractivity contribution is 0.0953. The van der Waals surface area contributed by atoms with Gasteiger partial charge in [0.1, 0.15) is 0 Å². The molecular formula is C14H13BrN2O. The highest BCUT2D eigenvalue weighted by molar-refractivity contribution is 9.10. The maximum absolute atomic E-state index is 11.9. The quantitative estimate of drug-likeness (QED) is 0.662. The summed E-state index contributed by atoms with van der Waals surface area (Å²) in [7, 11) is 0. The van der Waals surface area contributed by atoms with Crippen molar-refractivity contribution in [2.45, 2.75) is 12.8 Å². The first kappa shape index (κ1) is 11.7. The lowest BCUT2D eigenvalue weighted by Crippen LogP contribution is -2.35. The first-order chi connectivity index (χ1) is 8.75. The summed E-state index contributed by atoms with van der Waals surface area (Å²) < 4.78 is 0.789. The molecule has 4 heteroatoms. The van der Waals surface area contributed by atoms with Crippen LogP contribution in [0.5, 0.6) is 0 Å². The third kappa shape index (κ3) is 2.01. The summed E-state index contributed by atoms with van der Waals surface area (Å²) in [5, 5.41) is 4.25. The van der Waals surface area contributed by atoms with E-state index < -0.39 is 0 Å². The molecule has 1 amide bonds. The number of carbonyl (C=O) groups is 1. The van der Waals surface area contributed by atoms with Crippen molar-refractivity contribution in [3.8, 4) is 0 Å². The van der Waals surface area contributed by atoms with E-state index in [2.05, 4.69) is 38.6 Å². The van der Waals surface area contributed by atoms with E-state index in [-0.39, 0.29) is 5.91 Å². The zero-order chi connectivity index (χ0) is 12.5. The summed E-state index contributed by atoms with van der Waals surface area (Å²) in [5.41, 5.74) is 4.37. The van der Waals surface area contributed by atoms with Crippen molar-refractivity contribution >= 4 is 27.5 Å². The van der Waals surface area contributed by atoms with Crippen molar-refractivity contribution in [1.29, 1.82) is 0 Å². The molecule has 1 saturated carbocycles. The molecule has 0 spiro atoms. The van der Waals surface area contributed by atoms with E-state index in [1.807, 2.05) is 18.2 Å². The number of halogens is 1. The largest absolute Gasteiger partial charge is 0.272 e. The molecule has 0 unspecified atom stereocenters. The number of rotatable bonds is 2. The molecule has 3 nitrogen and oxygen atoms in total. The number of amides is 1. The molecule has 0 aliphatic heterocycles. The van der Waals surface area contributed by atoms with Gasteiger partial charge < -0.3 is 0 Å². The average molecular weight is 305 g/mol. The van der Waals surface area contributed by atoms with Crippen molar-refractivity contribution < 1.29 is 4.79 Å². The molecule has 1 N–H and O–H groups in total. The second-order valence-electron chi connectivity index (χ2n) is 4.66. The molecule has 1 aromatic carbocycles. The van der Waals surface area contributed by atoms with E-state index in [9.17, 15) is 4.79 Å². The monoisotopic (exact) mass is 304 g/mol. The zero-order valence-corrected chi connectivity index (χ0v) is 11.4. The predicted molar refractivity (Wildman–Crippen MR) is 74.4 cm³/mol. The van der Waals surface area contributed by atoms with Crippen LogP contribution >= 0.6 is 15.9 Å². The van der Waals surface area contributed by atoms with Crippen LogP contribution in [0.3, 0.4) is 0 Å². The van der Waals surface area contributed by atoms with Crippen LogP contribution in [0, 0.1) is 11.8 Å². The average Bonchev–Trinajstić information content (AvgIpc) is 2.71. The summed E-state index contributed by atoms with van der Waals surface area (Å²) in [5.74, 6) is 1.03. The Labute approximate surface area is 114 Å². The first-order valence-electron chi connectivity index (χ1n) is 6.03. The highest BCUT2D eigenvalue weighted by Gasteiger charge is 2.38. The molecule has 18 heavy (non-hydrogen) atoms. The molecule has 1 aromatic rings. The minimum absolute atomic E-state index is 0.163. The van der Waals surface area contributed by atoms with Crippen LogP contribution in [0.25, 0.3) is 0 Å². The van der Waals surface area contributed by atoms with E-state index in [1.165, 1.54) is 0 Å². The van der Waals surface area contributed by atoms with Gasteiger partial charge in [0.2, 0.25) is 0 Å². The number of fused-ring (bicyclic) bond motifs is 1. The topological polar surface area (TPSA) is 41.5 Å². The van der Waals surface area contributed by atoms with Gasteiger partial charge in [-0.1, -0.05) is 24.3 Å². The SMILES string of the molecule is O=C(N/N=C1/C[C@@H]2C=CC[C@@H]12)c1ccccc1Br. The Morgan fingerprint density at radius 2 is 2.22 bits per heavy atom. The second kappa shape index (κ2) is 4.69. The molecule has 2 aliphatic rings. The predicted octanol–water partition coefficient (Wildman–Crippen LogP) is 3.13. The van der Waals surface area contributed by atoms with Crippen LogP contribution in [0.2, 0.25) is 0 Å². The van der Waals surface area contributed by atoms with Crippen LogP contribution in [0.15, 0.2) is 46.0 Å². The summed E-state index contributed by atoms with van der Waals surface area (Å²) in [6, 6.07) is 7.35. The fourth-order valence-electron chi connectivity index (χ4n) is 2.49. The third-order valence-corrected chi connectivity index (χ3v) is 4.27. The molecule has 0 radical (unpaired) electrons. The smallest absolute Gasteiger partial charge is 0.267 e. The molecule has 0 saturated heterocycles. The highest BCUT2D eigenvalue weighted by atomic mass is 79.9. The van der Waals surface area contributed by atoms with Crippen LogP contribution < -0.4 is 5.43 Å². The molecule has 0 bridgehead atoms. The van der Waals surface area contributed by atoms with Gasteiger partial charge in [-0.15, -0.1) is 0 Å². The number of nitrogens with one attached hydrogen (secondary N) is 1. The van der Waals surface area contributed by atoms with Crippen LogP contribution in [0.4, 0.5) is 0 Å². The molecule has 3 rings (SSSR count). The van der Waals surface area contributed by atoms with Gasteiger partial charge in [-0.3, -0.25) is 4.79 Å². The third-order valence-electron chi connectivity index (χ3n) is 3.58. The molecule has 0 heterocycles. The first-order valence-corrected chi connectivity index (χ1v) is 6.83. The van der Waals surface area contributed by atoms with Crippen molar-refractivity contribution in [2.75, 3.05) is 0 Å². The fourth-order valence-corrected chi connectivity index (χ4v) is 2.96. The summed E-state index contributed by atoms with van der Waals surface area (Å²) in [4.78, 5) is 11.9. The maximum atomic E-state index is 11.9. The van der Waals surface area contributed by atoms with E-state index in [4.69, 9.17) is 0 Å². The standard InChI is InChI=1S/C14H13BrN2O/c15-12-7-2-1-5-11(12)14(18)17-16-13-8-9-4-3-6-10(9)13/h1-5,7,9-10H,6,8H2,(H,17,18)/b16-13-/t9-,10+/m0/s1.